The van der Waals surface area contributed by atoms with Crippen LogP contribution in [0.1, 0.15) is 24.9 Å². The van der Waals surface area contributed by atoms with E-state index in [1.165, 1.54) is 5.56 Å². The van der Waals surface area contributed by atoms with E-state index in [0.29, 0.717) is 13.0 Å². The van der Waals surface area contributed by atoms with Crippen LogP contribution in [-0.2, 0) is 9.53 Å². The molecule has 98 valence electrons. The molecular weight excluding hydrogens is 228 g/mol. The van der Waals surface area contributed by atoms with Crippen LogP contribution in [0.2, 0.25) is 0 Å². The van der Waals surface area contributed by atoms with Gasteiger partial charge in [-0.3, -0.25) is 4.79 Å². The predicted octanol–water partition coefficient (Wildman–Crippen LogP) is 1.72. The Kier molecular flexibility index (Phi) is 3.99. The molecule has 1 aromatic carbocycles. The van der Waals surface area contributed by atoms with Gasteiger partial charge >= 0.3 is 0 Å². The maximum Gasteiger partial charge on any atom is 0.228 e. The molecule has 0 radical (unpaired) electrons. The van der Waals surface area contributed by atoms with Crippen molar-refractivity contribution in [1.82, 2.24) is 5.32 Å². The highest BCUT2D eigenvalue weighted by Gasteiger charge is 2.29. The van der Waals surface area contributed by atoms with Crippen LogP contribution in [0.15, 0.2) is 24.3 Å². The van der Waals surface area contributed by atoms with E-state index in [4.69, 9.17) is 4.74 Å². The zero-order valence-electron chi connectivity index (χ0n) is 11.1. The molecule has 2 atom stereocenters. The molecule has 0 bridgehead atoms. The first-order valence-electron chi connectivity index (χ1n) is 6.24. The lowest BCUT2D eigenvalue weighted by atomic mass is 9.95. The van der Waals surface area contributed by atoms with Gasteiger partial charge in [-0.25, -0.2) is 0 Å². The molecular formula is C14H20N2O2. The summed E-state index contributed by atoms with van der Waals surface area (Å²) in [4.78, 5) is 13.7. The largest absolute Gasteiger partial charge is 0.383 e. The van der Waals surface area contributed by atoms with Gasteiger partial charge in [-0.2, -0.15) is 0 Å². The molecule has 1 amide bonds. The Balaban J connectivity index is 2.22. The molecule has 0 fully saturated rings. The van der Waals surface area contributed by atoms with Gasteiger partial charge in [0, 0.05) is 38.3 Å². The van der Waals surface area contributed by atoms with E-state index in [1.54, 1.807) is 12.0 Å². The molecule has 1 aliphatic heterocycles. The third-order valence-corrected chi connectivity index (χ3v) is 3.33. The first-order valence-corrected chi connectivity index (χ1v) is 6.24. The molecule has 1 N–H and O–H groups in total. The fraction of sp³-hybridized carbons (Fsp3) is 0.500. The molecule has 1 heterocycles. The SMILES string of the molecule is COCC(C)NC1CC(=O)N(C)c2ccccc21. The molecule has 0 saturated heterocycles. The van der Waals surface area contributed by atoms with Crippen molar-refractivity contribution < 1.29 is 9.53 Å². The normalized spacial score (nSPS) is 20.7. The monoisotopic (exact) mass is 248 g/mol. The van der Waals surface area contributed by atoms with Crippen LogP contribution in [0.25, 0.3) is 0 Å². The number of rotatable bonds is 4. The summed E-state index contributed by atoms with van der Waals surface area (Å²) in [7, 11) is 3.52. The number of ether oxygens (including phenoxy) is 1. The lowest BCUT2D eigenvalue weighted by molar-refractivity contribution is -0.119. The Morgan fingerprint density at radius 2 is 2.22 bits per heavy atom. The molecule has 0 aromatic heterocycles. The van der Waals surface area contributed by atoms with E-state index in [2.05, 4.69) is 18.3 Å². The number of methoxy groups -OCH3 is 1. The van der Waals surface area contributed by atoms with Gasteiger partial charge in [0.25, 0.3) is 0 Å². The molecule has 1 aliphatic rings. The van der Waals surface area contributed by atoms with Gasteiger partial charge in [0.05, 0.1) is 6.61 Å². The van der Waals surface area contributed by atoms with E-state index >= 15 is 0 Å². The second-order valence-corrected chi connectivity index (χ2v) is 4.79. The second kappa shape index (κ2) is 5.50. The third-order valence-electron chi connectivity index (χ3n) is 3.33. The summed E-state index contributed by atoms with van der Waals surface area (Å²) in [5.41, 5.74) is 2.18. The topological polar surface area (TPSA) is 41.6 Å². The smallest absolute Gasteiger partial charge is 0.228 e. The van der Waals surface area contributed by atoms with Crippen molar-refractivity contribution in [3.05, 3.63) is 29.8 Å². The number of hydrogen-bond acceptors (Lipinski definition) is 3. The van der Waals surface area contributed by atoms with Crippen molar-refractivity contribution in [3.8, 4) is 0 Å². The number of nitrogens with zero attached hydrogens (tertiary/aromatic N) is 1. The van der Waals surface area contributed by atoms with Crippen molar-refractivity contribution in [2.24, 2.45) is 0 Å². The first kappa shape index (κ1) is 13.1. The Morgan fingerprint density at radius 1 is 1.50 bits per heavy atom. The van der Waals surface area contributed by atoms with Crippen molar-refractivity contribution in [2.75, 3.05) is 25.7 Å². The van der Waals surface area contributed by atoms with Gasteiger partial charge < -0.3 is 15.0 Å². The van der Waals surface area contributed by atoms with Crippen LogP contribution >= 0.6 is 0 Å². The van der Waals surface area contributed by atoms with Gasteiger partial charge in [-0.15, -0.1) is 0 Å². The molecule has 2 unspecified atom stereocenters. The Bertz CT molecular complexity index is 434. The quantitative estimate of drug-likeness (QED) is 0.882. The van der Waals surface area contributed by atoms with Gasteiger partial charge in [-0.1, -0.05) is 18.2 Å². The Labute approximate surface area is 108 Å². The molecule has 0 aliphatic carbocycles. The van der Waals surface area contributed by atoms with Gasteiger partial charge in [-0.05, 0) is 18.6 Å². The number of carbonyl (C=O) groups excluding carboxylic acids is 1. The Hall–Kier alpha value is -1.39. The number of fused-ring (bicyclic) bond motifs is 1. The Morgan fingerprint density at radius 3 is 2.94 bits per heavy atom. The second-order valence-electron chi connectivity index (χ2n) is 4.79. The first-order chi connectivity index (χ1) is 8.63. The highest BCUT2D eigenvalue weighted by molar-refractivity contribution is 5.96. The fourth-order valence-electron chi connectivity index (χ4n) is 2.43. The van der Waals surface area contributed by atoms with Gasteiger partial charge in [0.2, 0.25) is 5.91 Å². The van der Waals surface area contributed by atoms with Gasteiger partial charge in [0.15, 0.2) is 0 Å². The summed E-state index contributed by atoms with van der Waals surface area (Å²) < 4.78 is 5.12. The molecule has 0 spiro atoms. The van der Waals surface area contributed by atoms with Crippen molar-refractivity contribution >= 4 is 11.6 Å². The van der Waals surface area contributed by atoms with Crippen LogP contribution in [0, 0.1) is 0 Å². The average molecular weight is 248 g/mol. The summed E-state index contributed by atoms with van der Waals surface area (Å²) in [5.74, 6) is 0.149. The minimum atomic E-state index is 0.0787. The fourth-order valence-corrected chi connectivity index (χ4v) is 2.43. The van der Waals surface area contributed by atoms with Crippen LogP contribution < -0.4 is 10.2 Å². The summed E-state index contributed by atoms with van der Waals surface area (Å²) >= 11 is 0. The maximum atomic E-state index is 12.0. The number of benzene rings is 1. The lowest BCUT2D eigenvalue weighted by Crippen LogP contribution is -2.41. The maximum absolute atomic E-state index is 12.0. The summed E-state index contributed by atoms with van der Waals surface area (Å²) in [6, 6.07) is 8.35. The minimum absolute atomic E-state index is 0.0787. The number of nitrogens with one attached hydrogen (secondary N) is 1. The van der Waals surface area contributed by atoms with Crippen LogP contribution in [-0.4, -0.2) is 32.7 Å². The number of anilines is 1. The average Bonchev–Trinajstić information content (AvgIpc) is 2.36. The van der Waals surface area contributed by atoms with Crippen LogP contribution in [0.3, 0.4) is 0 Å². The van der Waals surface area contributed by atoms with Gasteiger partial charge in [0.1, 0.15) is 0 Å². The minimum Gasteiger partial charge on any atom is -0.383 e. The van der Waals surface area contributed by atoms with Crippen molar-refractivity contribution in [2.45, 2.75) is 25.4 Å². The summed E-state index contributed by atoms with van der Waals surface area (Å²) in [6.07, 6.45) is 0.502. The highest BCUT2D eigenvalue weighted by Crippen LogP contribution is 2.33. The lowest BCUT2D eigenvalue weighted by Gasteiger charge is -2.33. The molecule has 18 heavy (non-hydrogen) atoms. The predicted molar refractivity (Wildman–Crippen MR) is 71.7 cm³/mol. The molecule has 0 saturated carbocycles. The number of carbonyl (C=O) groups is 1. The van der Waals surface area contributed by atoms with Crippen molar-refractivity contribution in [1.29, 1.82) is 0 Å². The molecule has 4 nitrogen and oxygen atoms in total. The number of amides is 1. The molecule has 4 heteroatoms. The zero-order chi connectivity index (χ0) is 13.1. The van der Waals surface area contributed by atoms with E-state index < -0.39 is 0 Å². The molecule has 2 rings (SSSR count). The molecule has 1 aromatic rings. The number of para-hydroxylation sites is 1. The third kappa shape index (κ3) is 2.54. The zero-order valence-corrected chi connectivity index (χ0v) is 11.1. The van der Waals surface area contributed by atoms with Crippen molar-refractivity contribution in [3.63, 3.8) is 0 Å². The highest BCUT2D eigenvalue weighted by atomic mass is 16.5. The summed E-state index contributed by atoms with van der Waals surface area (Å²) in [6.45, 7) is 2.71. The van der Waals surface area contributed by atoms with E-state index in [1.807, 2.05) is 25.2 Å². The van der Waals surface area contributed by atoms with Crippen LogP contribution in [0.5, 0.6) is 0 Å². The van der Waals surface area contributed by atoms with E-state index in [-0.39, 0.29) is 18.0 Å². The van der Waals surface area contributed by atoms with E-state index in [0.717, 1.165) is 5.69 Å². The summed E-state index contributed by atoms with van der Waals surface area (Å²) in [5, 5.41) is 3.45. The standard InChI is InChI=1S/C14H20N2O2/c1-10(9-18-3)15-12-8-14(17)16(2)13-7-5-4-6-11(12)13/h4-7,10,12,15H,8-9H2,1-3H3. The van der Waals surface area contributed by atoms with Crippen LogP contribution in [0.4, 0.5) is 5.69 Å². The van der Waals surface area contributed by atoms with E-state index in [9.17, 15) is 4.79 Å². The number of hydrogen-bond donors (Lipinski definition) is 1.